The van der Waals surface area contributed by atoms with Gasteiger partial charge in [-0.05, 0) is 37.8 Å². The normalized spacial score (nSPS) is 17.2. The van der Waals surface area contributed by atoms with Crippen LogP contribution in [0.15, 0.2) is 12.1 Å². The van der Waals surface area contributed by atoms with Gasteiger partial charge in [0.2, 0.25) is 0 Å². The summed E-state index contributed by atoms with van der Waals surface area (Å²) in [6.45, 7) is 2.01. The summed E-state index contributed by atoms with van der Waals surface area (Å²) in [6.07, 6.45) is 3.59. The molecule has 2 N–H and O–H groups in total. The first kappa shape index (κ1) is 12.1. The summed E-state index contributed by atoms with van der Waals surface area (Å²) in [5.41, 5.74) is 0. The Morgan fingerprint density at radius 3 is 2.53 bits per heavy atom. The predicted molar refractivity (Wildman–Crippen MR) is 65.5 cm³/mol. The number of nitrogens with one attached hydrogen (secondary N) is 1. The van der Waals surface area contributed by atoms with Crippen molar-refractivity contribution in [2.75, 3.05) is 0 Å². The van der Waals surface area contributed by atoms with Crippen LogP contribution in [0.5, 0.6) is 0 Å². The Kier molecular flexibility index (Phi) is 3.47. The Labute approximate surface area is 104 Å². The van der Waals surface area contributed by atoms with E-state index < -0.39 is 5.97 Å². The summed E-state index contributed by atoms with van der Waals surface area (Å²) in [5.74, 6) is -0.569. The number of carbonyl (C=O) groups is 2. The summed E-state index contributed by atoms with van der Waals surface area (Å²) in [4.78, 5) is 23.2. The van der Waals surface area contributed by atoms with E-state index in [9.17, 15) is 9.59 Å². The second-order valence-electron chi connectivity index (χ2n) is 4.42. The molecular formula is C12H15NO3S. The average Bonchev–Trinajstić information content (AvgIpc) is 2.62. The van der Waals surface area contributed by atoms with Gasteiger partial charge >= 0.3 is 5.97 Å². The van der Waals surface area contributed by atoms with Gasteiger partial charge in [0.15, 0.2) is 0 Å². The molecule has 92 valence electrons. The van der Waals surface area contributed by atoms with E-state index >= 15 is 0 Å². The number of aromatic carboxylic acids is 1. The number of hydrogen-bond donors (Lipinski definition) is 2. The fraction of sp³-hybridized carbons (Fsp3) is 0.500. The van der Waals surface area contributed by atoms with Crippen LogP contribution in [0.3, 0.4) is 0 Å². The molecule has 5 heteroatoms. The van der Waals surface area contributed by atoms with Crippen LogP contribution in [-0.4, -0.2) is 23.0 Å². The van der Waals surface area contributed by atoms with Crippen LogP contribution >= 0.6 is 11.3 Å². The molecule has 0 spiro atoms. The zero-order valence-corrected chi connectivity index (χ0v) is 10.4. The zero-order valence-electron chi connectivity index (χ0n) is 9.60. The first-order valence-corrected chi connectivity index (χ1v) is 6.53. The summed E-state index contributed by atoms with van der Waals surface area (Å²) in [5, 5.41) is 11.7. The van der Waals surface area contributed by atoms with Crippen LogP contribution < -0.4 is 5.32 Å². The molecular weight excluding hydrogens is 238 g/mol. The minimum absolute atomic E-state index is 0.165. The molecule has 2 rings (SSSR count). The highest BCUT2D eigenvalue weighted by atomic mass is 32.1. The number of carbonyl (C=O) groups excluding carboxylic acids is 1. The van der Waals surface area contributed by atoms with Crippen molar-refractivity contribution in [3.8, 4) is 0 Å². The average molecular weight is 253 g/mol. The quantitative estimate of drug-likeness (QED) is 0.865. The zero-order chi connectivity index (χ0) is 12.4. The molecule has 1 unspecified atom stereocenters. The van der Waals surface area contributed by atoms with Gasteiger partial charge in [-0.2, -0.15) is 0 Å². The second kappa shape index (κ2) is 4.87. The maximum Gasteiger partial charge on any atom is 0.345 e. The summed E-state index contributed by atoms with van der Waals surface area (Å²) in [7, 11) is 0. The van der Waals surface area contributed by atoms with E-state index in [1.165, 1.54) is 25.3 Å². The van der Waals surface area contributed by atoms with E-state index in [1.54, 1.807) is 6.07 Å². The smallest absolute Gasteiger partial charge is 0.345 e. The lowest BCUT2D eigenvalue weighted by molar-refractivity contribution is 0.0702. The van der Waals surface area contributed by atoms with Crippen LogP contribution in [-0.2, 0) is 0 Å². The molecule has 0 aliphatic heterocycles. The van der Waals surface area contributed by atoms with E-state index in [0.717, 1.165) is 11.3 Å². The first-order chi connectivity index (χ1) is 8.08. The van der Waals surface area contributed by atoms with E-state index in [-0.39, 0.29) is 16.8 Å². The third kappa shape index (κ3) is 2.66. The highest BCUT2D eigenvalue weighted by Gasteiger charge is 2.25. The molecule has 1 aliphatic rings. The van der Waals surface area contributed by atoms with E-state index in [1.807, 2.05) is 6.92 Å². The molecule has 1 aromatic heterocycles. The molecule has 1 heterocycles. The van der Waals surface area contributed by atoms with Gasteiger partial charge in [0.05, 0.1) is 4.88 Å². The standard InChI is InChI=1S/C12H15NO3S/c1-7(8-3-2-4-8)13-11(14)9-5-6-10(17-9)12(15)16/h5-8H,2-4H2,1H3,(H,13,14)(H,15,16). The molecule has 0 aromatic carbocycles. The Bertz CT molecular complexity index is 437. The number of rotatable bonds is 4. The molecule has 1 amide bonds. The third-order valence-electron chi connectivity index (χ3n) is 3.26. The summed E-state index contributed by atoms with van der Waals surface area (Å²) in [6, 6.07) is 3.21. The molecule has 1 aromatic rings. The Hall–Kier alpha value is -1.36. The summed E-state index contributed by atoms with van der Waals surface area (Å²) >= 11 is 1.02. The number of hydrogen-bond acceptors (Lipinski definition) is 3. The molecule has 4 nitrogen and oxygen atoms in total. The van der Waals surface area contributed by atoms with Gasteiger partial charge in [-0.25, -0.2) is 4.79 Å². The van der Waals surface area contributed by atoms with Gasteiger partial charge in [0.25, 0.3) is 5.91 Å². The first-order valence-electron chi connectivity index (χ1n) is 5.72. The molecule has 1 aliphatic carbocycles. The SMILES string of the molecule is CC(NC(=O)c1ccc(C(=O)O)s1)C1CCC1. The van der Waals surface area contributed by atoms with Gasteiger partial charge in [-0.1, -0.05) is 6.42 Å². The van der Waals surface area contributed by atoms with Crippen molar-refractivity contribution < 1.29 is 14.7 Å². The number of carboxylic acid groups (broad SMARTS) is 1. The molecule has 1 atom stereocenters. The van der Waals surface area contributed by atoms with E-state index in [4.69, 9.17) is 5.11 Å². The van der Waals surface area contributed by atoms with Gasteiger partial charge in [0, 0.05) is 6.04 Å². The Morgan fingerprint density at radius 2 is 2.06 bits per heavy atom. The second-order valence-corrected chi connectivity index (χ2v) is 5.51. The molecule has 0 saturated heterocycles. The third-order valence-corrected chi connectivity index (χ3v) is 4.33. The fourth-order valence-corrected chi connectivity index (χ4v) is 2.66. The number of amides is 1. The highest BCUT2D eigenvalue weighted by molar-refractivity contribution is 7.15. The van der Waals surface area contributed by atoms with Crippen LogP contribution in [0.1, 0.15) is 45.5 Å². The largest absolute Gasteiger partial charge is 0.477 e. The van der Waals surface area contributed by atoms with E-state index in [0.29, 0.717) is 10.8 Å². The van der Waals surface area contributed by atoms with E-state index in [2.05, 4.69) is 5.32 Å². The number of carboxylic acids is 1. The van der Waals surface area contributed by atoms with Crippen molar-refractivity contribution in [1.82, 2.24) is 5.32 Å². The lowest BCUT2D eigenvalue weighted by Crippen LogP contribution is -2.40. The van der Waals surface area contributed by atoms with Crippen molar-refractivity contribution in [2.45, 2.75) is 32.2 Å². The Morgan fingerprint density at radius 1 is 1.41 bits per heavy atom. The molecule has 1 saturated carbocycles. The van der Waals surface area contributed by atoms with Crippen LogP contribution in [0.25, 0.3) is 0 Å². The highest BCUT2D eigenvalue weighted by Crippen LogP contribution is 2.29. The summed E-state index contributed by atoms with van der Waals surface area (Å²) < 4.78 is 0. The lowest BCUT2D eigenvalue weighted by atomic mass is 9.80. The fourth-order valence-electron chi connectivity index (χ4n) is 1.91. The monoisotopic (exact) mass is 253 g/mol. The van der Waals surface area contributed by atoms with Gasteiger partial charge in [-0.3, -0.25) is 4.79 Å². The van der Waals surface area contributed by atoms with Crippen molar-refractivity contribution in [2.24, 2.45) is 5.92 Å². The minimum atomic E-state index is -0.985. The topological polar surface area (TPSA) is 66.4 Å². The number of thiophene rings is 1. The minimum Gasteiger partial charge on any atom is -0.477 e. The maximum atomic E-state index is 11.8. The van der Waals surface area contributed by atoms with Crippen molar-refractivity contribution in [1.29, 1.82) is 0 Å². The van der Waals surface area contributed by atoms with Gasteiger partial charge in [0.1, 0.15) is 4.88 Å². The molecule has 1 fully saturated rings. The molecule has 0 bridgehead atoms. The van der Waals surface area contributed by atoms with Crippen molar-refractivity contribution >= 4 is 23.2 Å². The lowest BCUT2D eigenvalue weighted by Gasteiger charge is -2.31. The van der Waals surface area contributed by atoms with Crippen LogP contribution in [0.2, 0.25) is 0 Å². The van der Waals surface area contributed by atoms with Crippen LogP contribution in [0, 0.1) is 5.92 Å². The molecule has 0 radical (unpaired) electrons. The van der Waals surface area contributed by atoms with Crippen molar-refractivity contribution in [3.63, 3.8) is 0 Å². The van der Waals surface area contributed by atoms with Gasteiger partial charge < -0.3 is 10.4 Å². The predicted octanol–water partition coefficient (Wildman–Crippen LogP) is 2.36. The van der Waals surface area contributed by atoms with Crippen LogP contribution in [0.4, 0.5) is 0 Å². The molecule has 17 heavy (non-hydrogen) atoms. The van der Waals surface area contributed by atoms with Gasteiger partial charge in [-0.15, -0.1) is 11.3 Å². The Balaban J connectivity index is 1.96. The maximum absolute atomic E-state index is 11.8. The van der Waals surface area contributed by atoms with Crippen molar-refractivity contribution in [3.05, 3.63) is 21.9 Å².